The van der Waals surface area contributed by atoms with Crippen molar-refractivity contribution in [1.29, 1.82) is 5.26 Å². The normalized spacial score (nSPS) is 12.3. The van der Waals surface area contributed by atoms with E-state index in [9.17, 15) is 18.9 Å². The molecule has 12 heteroatoms. The highest BCUT2D eigenvalue weighted by Crippen LogP contribution is 2.51. The number of nitriles is 1. The summed E-state index contributed by atoms with van der Waals surface area (Å²) in [6.45, 7) is -1.68. The summed E-state index contributed by atoms with van der Waals surface area (Å²) in [5, 5.41) is 22.6. The van der Waals surface area contributed by atoms with Crippen LogP contribution in [0.2, 0.25) is 0 Å². The standard InChI is InChI=1S/C44H46FN2O8P/c45-28-41-27-36(22-23-42(41)51-26-10-17-35-18-20-37(29-46)21-19-35)24-25-44(33-48,47-43(49)52-30-38-11-4-1-5-12-38)34-55-56(50,53-31-39-13-6-2-7-14-39)54-32-40-15-8-3-9-16-40/h1-9,11-16,18-23,27,48H,10,17,24-26,28,30-34H2,(H,47,49). The number of phosphoric ester groups is 1. The van der Waals surface area contributed by atoms with Crippen molar-refractivity contribution in [3.63, 3.8) is 0 Å². The number of halogens is 1. The molecular weight excluding hydrogens is 734 g/mol. The number of hydrogen-bond donors (Lipinski definition) is 2. The quantitative estimate of drug-likeness (QED) is 0.0521. The summed E-state index contributed by atoms with van der Waals surface area (Å²) in [5.74, 6) is 0.419. The predicted octanol–water partition coefficient (Wildman–Crippen LogP) is 9.19. The minimum absolute atomic E-state index is 0.0251. The molecule has 56 heavy (non-hydrogen) atoms. The molecule has 0 heterocycles. The van der Waals surface area contributed by atoms with Gasteiger partial charge >= 0.3 is 13.9 Å². The second-order valence-corrected chi connectivity index (χ2v) is 14.9. The molecule has 0 aromatic heterocycles. The lowest BCUT2D eigenvalue weighted by atomic mass is 9.92. The van der Waals surface area contributed by atoms with Crippen molar-refractivity contribution in [2.75, 3.05) is 19.8 Å². The number of aryl methyl sites for hydroxylation is 2. The van der Waals surface area contributed by atoms with Crippen LogP contribution in [0.3, 0.4) is 0 Å². The second-order valence-electron chi connectivity index (χ2n) is 13.2. The van der Waals surface area contributed by atoms with Crippen LogP contribution in [-0.2, 0) is 62.2 Å². The van der Waals surface area contributed by atoms with Gasteiger partial charge in [-0.05, 0) is 77.8 Å². The zero-order valence-corrected chi connectivity index (χ0v) is 32.0. The maximum absolute atomic E-state index is 14.3. The molecule has 0 aliphatic carbocycles. The highest BCUT2D eigenvalue weighted by atomic mass is 31.2. The average Bonchev–Trinajstić information content (AvgIpc) is 3.25. The van der Waals surface area contributed by atoms with Crippen LogP contribution in [0, 0.1) is 11.3 Å². The smallest absolute Gasteiger partial charge is 0.475 e. The highest BCUT2D eigenvalue weighted by molar-refractivity contribution is 7.48. The van der Waals surface area contributed by atoms with Crippen LogP contribution in [0.15, 0.2) is 133 Å². The highest BCUT2D eigenvalue weighted by Gasteiger charge is 2.38. The van der Waals surface area contributed by atoms with Gasteiger partial charge in [0, 0.05) is 5.56 Å². The summed E-state index contributed by atoms with van der Waals surface area (Å²) in [6.07, 6.45) is 0.944. The first-order valence-electron chi connectivity index (χ1n) is 18.3. The van der Waals surface area contributed by atoms with Crippen molar-refractivity contribution in [3.05, 3.63) is 172 Å². The summed E-state index contributed by atoms with van der Waals surface area (Å²) < 4.78 is 57.4. The summed E-state index contributed by atoms with van der Waals surface area (Å²) in [4.78, 5) is 13.2. The second kappa shape index (κ2) is 21.7. The molecule has 5 aromatic rings. The van der Waals surface area contributed by atoms with E-state index in [1.807, 2.05) is 103 Å². The van der Waals surface area contributed by atoms with Crippen LogP contribution >= 0.6 is 7.82 Å². The number of aliphatic hydroxyl groups is 1. The summed E-state index contributed by atoms with van der Waals surface area (Å²) in [5.41, 5.74) is 3.45. The Morgan fingerprint density at radius 1 is 0.732 bits per heavy atom. The molecule has 0 aliphatic heterocycles. The van der Waals surface area contributed by atoms with E-state index in [4.69, 9.17) is 28.3 Å². The number of alkyl halides is 1. The molecule has 5 aromatic carbocycles. The first-order chi connectivity index (χ1) is 27.3. The third-order valence-electron chi connectivity index (χ3n) is 8.96. The van der Waals surface area contributed by atoms with Gasteiger partial charge in [-0.2, -0.15) is 5.26 Å². The van der Waals surface area contributed by atoms with Gasteiger partial charge in [-0.1, -0.05) is 109 Å². The Bertz CT molecular complexity index is 1980. The number of aliphatic hydroxyl groups excluding tert-OH is 1. The number of hydrogen-bond acceptors (Lipinski definition) is 9. The van der Waals surface area contributed by atoms with E-state index >= 15 is 0 Å². The lowest BCUT2D eigenvalue weighted by Crippen LogP contribution is -2.55. The number of nitrogens with one attached hydrogen (secondary N) is 1. The number of ether oxygens (including phenoxy) is 2. The first-order valence-corrected chi connectivity index (χ1v) is 19.8. The topological polar surface area (TPSA) is 136 Å². The van der Waals surface area contributed by atoms with Gasteiger partial charge < -0.3 is 19.9 Å². The lowest BCUT2D eigenvalue weighted by Gasteiger charge is -2.33. The van der Waals surface area contributed by atoms with Crippen molar-refractivity contribution >= 4 is 13.9 Å². The predicted molar refractivity (Wildman–Crippen MR) is 210 cm³/mol. The zero-order chi connectivity index (χ0) is 39.5. The van der Waals surface area contributed by atoms with Gasteiger partial charge in [0.2, 0.25) is 0 Å². The Morgan fingerprint density at radius 3 is 1.86 bits per heavy atom. The Kier molecular flexibility index (Phi) is 16.2. The Labute approximate surface area is 327 Å². The minimum atomic E-state index is -4.30. The van der Waals surface area contributed by atoms with E-state index in [0.29, 0.717) is 35.5 Å². The summed E-state index contributed by atoms with van der Waals surface area (Å²) >= 11 is 0. The van der Waals surface area contributed by atoms with E-state index in [1.165, 1.54) is 0 Å². The zero-order valence-electron chi connectivity index (χ0n) is 31.1. The molecule has 0 aliphatic rings. The van der Waals surface area contributed by atoms with Crippen LogP contribution in [0.1, 0.15) is 51.8 Å². The number of amides is 1. The van der Waals surface area contributed by atoms with Gasteiger partial charge in [0.05, 0.1) is 50.2 Å². The molecule has 1 unspecified atom stereocenters. The van der Waals surface area contributed by atoms with Gasteiger partial charge in [-0.15, -0.1) is 0 Å². The third kappa shape index (κ3) is 13.4. The molecule has 292 valence electrons. The fraction of sp³-hybridized carbons (Fsp3) is 0.273. The van der Waals surface area contributed by atoms with E-state index in [2.05, 4.69) is 11.4 Å². The summed E-state index contributed by atoms with van der Waals surface area (Å²) in [7, 11) is -4.30. The van der Waals surface area contributed by atoms with Crippen LogP contribution in [0.5, 0.6) is 5.75 Å². The van der Waals surface area contributed by atoms with Crippen molar-refractivity contribution in [1.82, 2.24) is 5.32 Å². The van der Waals surface area contributed by atoms with Crippen molar-refractivity contribution in [2.24, 2.45) is 0 Å². The Balaban J connectivity index is 1.28. The van der Waals surface area contributed by atoms with Crippen molar-refractivity contribution < 1.29 is 41.9 Å². The molecule has 1 amide bonds. The van der Waals surface area contributed by atoms with Gasteiger partial charge in [0.15, 0.2) is 0 Å². The van der Waals surface area contributed by atoms with E-state index in [-0.39, 0.29) is 32.7 Å². The lowest BCUT2D eigenvalue weighted by molar-refractivity contribution is 0.0440. The third-order valence-corrected chi connectivity index (χ3v) is 10.3. The molecule has 0 saturated heterocycles. The van der Waals surface area contributed by atoms with Crippen LogP contribution < -0.4 is 10.1 Å². The van der Waals surface area contributed by atoms with E-state index in [0.717, 1.165) is 28.7 Å². The summed E-state index contributed by atoms with van der Waals surface area (Å²) in [6, 6.07) is 42.0. The van der Waals surface area contributed by atoms with Crippen molar-refractivity contribution in [2.45, 2.75) is 57.7 Å². The van der Waals surface area contributed by atoms with Gasteiger partial charge in [0.1, 0.15) is 19.0 Å². The maximum atomic E-state index is 14.3. The van der Waals surface area contributed by atoms with Gasteiger partial charge in [0.25, 0.3) is 0 Å². The van der Waals surface area contributed by atoms with Gasteiger partial charge in [-0.3, -0.25) is 13.6 Å². The first kappa shape index (κ1) is 41.8. The SMILES string of the molecule is N#Cc1ccc(CCCOc2ccc(CCC(CO)(COP(=O)(OCc3ccccc3)OCc3ccccc3)NC(=O)OCc3ccccc3)cc2CF)cc1. The number of rotatable bonds is 22. The monoisotopic (exact) mass is 780 g/mol. The van der Waals surface area contributed by atoms with Crippen molar-refractivity contribution in [3.8, 4) is 11.8 Å². The number of phosphoric acid groups is 1. The number of nitrogens with zero attached hydrogens (tertiary/aromatic N) is 1. The molecule has 0 saturated carbocycles. The molecule has 5 rings (SSSR count). The molecule has 0 spiro atoms. The van der Waals surface area contributed by atoms with Crippen LogP contribution in [-0.4, -0.2) is 36.6 Å². The van der Waals surface area contributed by atoms with Gasteiger partial charge in [-0.25, -0.2) is 13.8 Å². The number of benzene rings is 5. The molecule has 2 N–H and O–H groups in total. The van der Waals surface area contributed by atoms with Crippen LogP contribution in [0.25, 0.3) is 0 Å². The maximum Gasteiger partial charge on any atom is 0.475 e. The Hall–Kier alpha value is -5.34. The fourth-order valence-electron chi connectivity index (χ4n) is 5.70. The minimum Gasteiger partial charge on any atom is -0.493 e. The number of carbonyl (C=O) groups is 1. The number of alkyl carbamates (subject to hydrolysis) is 1. The molecule has 0 bridgehead atoms. The van der Waals surface area contributed by atoms with E-state index in [1.54, 1.807) is 30.3 Å². The molecule has 10 nitrogen and oxygen atoms in total. The fourth-order valence-corrected chi connectivity index (χ4v) is 6.95. The largest absolute Gasteiger partial charge is 0.493 e. The number of carbonyl (C=O) groups excluding carboxylic acids is 1. The Morgan fingerprint density at radius 2 is 1.30 bits per heavy atom. The average molecular weight is 781 g/mol. The van der Waals surface area contributed by atoms with E-state index < -0.39 is 39.3 Å². The molecule has 1 atom stereocenters. The molecule has 0 radical (unpaired) electrons. The van der Waals surface area contributed by atoms with Crippen LogP contribution in [0.4, 0.5) is 9.18 Å². The molecule has 0 fully saturated rings. The molecular formula is C44H46FN2O8P.